The van der Waals surface area contributed by atoms with Crippen molar-refractivity contribution in [3.05, 3.63) is 30.6 Å². The molecule has 0 amide bonds. The normalized spacial score (nSPS) is 10.4. The van der Waals surface area contributed by atoms with Crippen LogP contribution in [-0.4, -0.2) is 21.7 Å². The molecule has 0 aliphatic carbocycles. The molecule has 14 heavy (non-hydrogen) atoms. The maximum Gasteiger partial charge on any atom is 0.110 e. The molecule has 2 rings (SSSR count). The van der Waals surface area contributed by atoms with E-state index in [-0.39, 0.29) is 0 Å². The smallest absolute Gasteiger partial charge is 0.110 e. The van der Waals surface area contributed by atoms with Crippen molar-refractivity contribution in [2.75, 3.05) is 11.9 Å². The molecule has 0 spiro atoms. The first-order chi connectivity index (χ1) is 6.77. The zero-order valence-corrected chi connectivity index (χ0v) is 8.04. The average molecular weight is 188 g/mol. The molecule has 0 aliphatic heterocycles. The van der Waals surface area contributed by atoms with E-state index in [9.17, 15) is 0 Å². The Balaban J connectivity index is 2.32. The summed E-state index contributed by atoms with van der Waals surface area (Å²) in [7, 11) is 0. The molecule has 2 N–H and O–H groups in total. The van der Waals surface area contributed by atoms with Crippen molar-refractivity contribution in [1.29, 1.82) is 0 Å². The van der Waals surface area contributed by atoms with Crippen LogP contribution < -0.4 is 5.32 Å². The number of anilines is 1. The lowest BCUT2D eigenvalue weighted by atomic mass is 10.3. The van der Waals surface area contributed by atoms with Gasteiger partial charge in [-0.3, -0.25) is 10.1 Å². The fourth-order valence-corrected chi connectivity index (χ4v) is 1.24. The maximum absolute atomic E-state index is 4.17. The van der Waals surface area contributed by atoms with E-state index in [0.29, 0.717) is 0 Å². The summed E-state index contributed by atoms with van der Waals surface area (Å²) in [5.74, 6) is 0. The predicted molar refractivity (Wildman–Crippen MR) is 57.2 cm³/mol. The highest BCUT2D eigenvalue weighted by atomic mass is 15.1. The first kappa shape index (κ1) is 8.74. The highest BCUT2D eigenvalue weighted by Crippen LogP contribution is 2.17. The number of nitrogens with one attached hydrogen (secondary N) is 2. The van der Waals surface area contributed by atoms with E-state index in [1.165, 1.54) is 0 Å². The van der Waals surface area contributed by atoms with Gasteiger partial charge in [-0.1, -0.05) is 12.2 Å². The highest BCUT2D eigenvalue weighted by molar-refractivity contribution is 5.86. The Morgan fingerprint density at radius 2 is 2.50 bits per heavy atom. The molecule has 4 nitrogen and oxygen atoms in total. The number of aromatic amines is 1. The molecule has 0 unspecified atom stereocenters. The molecule has 0 fully saturated rings. The summed E-state index contributed by atoms with van der Waals surface area (Å²) < 4.78 is 0. The molecule has 0 aromatic carbocycles. The van der Waals surface area contributed by atoms with Crippen LogP contribution in [0.5, 0.6) is 0 Å². The maximum atomic E-state index is 4.17. The largest absolute Gasteiger partial charge is 0.379 e. The van der Waals surface area contributed by atoms with E-state index in [2.05, 4.69) is 27.1 Å². The van der Waals surface area contributed by atoms with Gasteiger partial charge >= 0.3 is 0 Å². The minimum atomic E-state index is 0.762. The van der Waals surface area contributed by atoms with Crippen LogP contribution in [0.3, 0.4) is 0 Å². The molecule has 4 heteroatoms. The summed E-state index contributed by atoms with van der Waals surface area (Å²) in [6.45, 7) is 6.58. The summed E-state index contributed by atoms with van der Waals surface area (Å²) in [5, 5.41) is 10.1. The minimum absolute atomic E-state index is 0.762. The summed E-state index contributed by atoms with van der Waals surface area (Å²) in [6.07, 6.45) is 3.47. The lowest BCUT2D eigenvalue weighted by Crippen LogP contribution is -2.02. The van der Waals surface area contributed by atoms with Gasteiger partial charge in [-0.25, -0.2) is 0 Å². The van der Waals surface area contributed by atoms with Crippen LogP contribution in [0, 0.1) is 0 Å². The second-order valence-electron chi connectivity index (χ2n) is 3.30. The number of fused-ring (bicyclic) bond motifs is 1. The molecule has 2 heterocycles. The Morgan fingerprint density at radius 1 is 1.64 bits per heavy atom. The van der Waals surface area contributed by atoms with Gasteiger partial charge in [-0.05, 0) is 13.0 Å². The van der Waals surface area contributed by atoms with Crippen LogP contribution in [0.25, 0.3) is 11.0 Å². The van der Waals surface area contributed by atoms with Crippen LogP contribution in [0.2, 0.25) is 0 Å². The van der Waals surface area contributed by atoms with Gasteiger partial charge in [0.15, 0.2) is 0 Å². The molecule has 2 aromatic rings. The molecule has 0 saturated carbocycles. The zero-order valence-electron chi connectivity index (χ0n) is 8.04. The first-order valence-corrected chi connectivity index (χ1v) is 4.43. The van der Waals surface area contributed by atoms with Gasteiger partial charge in [-0.2, -0.15) is 5.10 Å². The molecule has 72 valence electrons. The minimum Gasteiger partial charge on any atom is -0.379 e. The topological polar surface area (TPSA) is 53.6 Å². The van der Waals surface area contributed by atoms with Crippen molar-refractivity contribution in [2.24, 2.45) is 0 Å². The van der Waals surface area contributed by atoms with Crippen LogP contribution in [0.4, 0.5) is 5.69 Å². The van der Waals surface area contributed by atoms with Crippen molar-refractivity contribution >= 4 is 16.7 Å². The number of nitrogens with zero attached hydrogens (tertiary/aromatic N) is 2. The average Bonchev–Trinajstić information content (AvgIpc) is 2.62. The van der Waals surface area contributed by atoms with E-state index in [1.54, 1.807) is 12.4 Å². The van der Waals surface area contributed by atoms with Crippen molar-refractivity contribution in [2.45, 2.75) is 6.92 Å². The molecular formula is C10H12N4. The molecular weight excluding hydrogens is 176 g/mol. The monoisotopic (exact) mass is 188 g/mol. The van der Waals surface area contributed by atoms with Gasteiger partial charge in [-0.15, -0.1) is 0 Å². The van der Waals surface area contributed by atoms with Crippen molar-refractivity contribution in [3.63, 3.8) is 0 Å². The van der Waals surface area contributed by atoms with Crippen LogP contribution in [-0.2, 0) is 0 Å². The summed E-state index contributed by atoms with van der Waals surface area (Å²) in [5.41, 5.74) is 3.91. The molecule has 0 radical (unpaired) electrons. The summed E-state index contributed by atoms with van der Waals surface area (Å²) >= 11 is 0. The summed E-state index contributed by atoms with van der Waals surface area (Å²) in [4.78, 5) is 4.17. The number of pyridine rings is 1. The Morgan fingerprint density at radius 3 is 3.29 bits per heavy atom. The van der Waals surface area contributed by atoms with Crippen LogP contribution in [0.15, 0.2) is 30.6 Å². The van der Waals surface area contributed by atoms with Gasteiger partial charge in [0, 0.05) is 12.7 Å². The van der Waals surface area contributed by atoms with E-state index in [1.807, 2.05) is 13.0 Å². The Kier molecular flexibility index (Phi) is 2.18. The van der Waals surface area contributed by atoms with Crippen molar-refractivity contribution < 1.29 is 0 Å². The van der Waals surface area contributed by atoms with Crippen molar-refractivity contribution in [1.82, 2.24) is 15.2 Å². The second kappa shape index (κ2) is 3.49. The number of hydrogen-bond donors (Lipinski definition) is 2. The van der Waals surface area contributed by atoms with E-state index < -0.39 is 0 Å². The van der Waals surface area contributed by atoms with E-state index in [0.717, 1.165) is 28.8 Å². The van der Waals surface area contributed by atoms with E-state index in [4.69, 9.17) is 0 Å². The number of aromatic nitrogens is 3. The van der Waals surface area contributed by atoms with Crippen LogP contribution in [0.1, 0.15) is 6.92 Å². The quantitative estimate of drug-likeness (QED) is 0.724. The zero-order chi connectivity index (χ0) is 9.97. The molecule has 0 saturated heterocycles. The number of rotatable bonds is 3. The highest BCUT2D eigenvalue weighted by Gasteiger charge is 2.01. The SMILES string of the molecule is C=C(C)CNc1ccnc2cn[nH]c12. The Hall–Kier alpha value is -1.84. The standard InChI is InChI=1S/C10H12N4/c1-7(2)5-12-8-3-4-11-9-6-13-14-10(8)9/h3-4,6H,1,5H2,2H3,(H,11,12)(H,13,14). The van der Waals surface area contributed by atoms with Gasteiger partial charge in [0.1, 0.15) is 11.0 Å². The molecule has 2 aromatic heterocycles. The third-order valence-corrected chi connectivity index (χ3v) is 1.92. The second-order valence-corrected chi connectivity index (χ2v) is 3.30. The first-order valence-electron chi connectivity index (χ1n) is 4.43. The Labute approximate surface area is 82.1 Å². The lowest BCUT2D eigenvalue weighted by molar-refractivity contribution is 1.11. The third-order valence-electron chi connectivity index (χ3n) is 1.92. The van der Waals surface area contributed by atoms with E-state index >= 15 is 0 Å². The van der Waals surface area contributed by atoms with Gasteiger partial charge in [0.25, 0.3) is 0 Å². The molecule has 0 bridgehead atoms. The molecule has 0 aliphatic rings. The number of H-pyrrole nitrogens is 1. The lowest BCUT2D eigenvalue weighted by Gasteiger charge is -2.05. The van der Waals surface area contributed by atoms with Gasteiger partial charge in [0.2, 0.25) is 0 Å². The Bertz CT molecular complexity index is 458. The van der Waals surface area contributed by atoms with Gasteiger partial charge < -0.3 is 5.32 Å². The fourth-order valence-electron chi connectivity index (χ4n) is 1.24. The number of hydrogen-bond acceptors (Lipinski definition) is 3. The summed E-state index contributed by atoms with van der Waals surface area (Å²) in [6, 6.07) is 1.92. The van der Waals surface area contributed by atoms with Gasteiger partial charge in [0.05, 0.1) is 11.9 Å². The van der Waals surface area contributed by atoms with Crippen molar-refractivity contribution in [3.8, 4) is 0 Å². The predicted octanol–water partition coefficient (Wildman–Crippen LogP) is 1.95. The fraction of sp³-hybridized carbons (Fsp3) is 0.200. The third kappa shape index (κ3) is 1.59. The van der Waals surface area contributed by atoms with Crippen LogP contribution >= 0.6 is 0 Å². The molecule has 0 atom stereocenters.